The number of anilines is 2. The highest BCUT2D eigenvalue weighted by Crippen LogP contribution is 2.51. The van der Waals surface area contributed by atoms with Crippen LogP contribution < -0.4 is 11.1 Å². The third kappa shape index (κ3) is 4.29. The van der Waals surface area contributed by atoms with E-state index in [0.29, 0.717) is 24.2 Å². The molecule has 3 atom stereocenters. The Kier molecular flexibility index (Phi) is 6.27. The summed E-state index contributed by atoms with van der Waals surface area (Å²) in [5, 5.41) is 5.11. The Bertz CT molecular complexity index is 735. The largest absolute Gasteiger partial charge is 0.397 e. The van der Waals surface area contributed by atoms with Crippen molar-refractivity contribution < 1.29 is 14.0 Å². The molecular formula is C18H27N2O3P. The quantitative estimate of drug-likeness (QED) is 0.463. The number of nitrogen functional groups attached to an aromatic ring is 1. The highest BCUT2D eigenvalue weighted by atomic mass is 31.2. The first kappa shape index (κ1) is 18.8. The van der Waals surface area contributed by atoms with Crippen LogP contribution in [0.15, 0.2) is 36.4 Å². The lowest BCUT2D eigenvalue weighted by Gasteiger charge is -2.27. The van der Waals surface area contributed by atoms with Crippen LogP contribution in [0.5, 0.6) is 0 Å². The van der Waals surface area contributed by atoms with Gasteiger partial charge in [-0.25, -0.2) is 0 Å². The van der Waals surface area contributed by atoms with Crippen LogP contribution in [0.25, 0.3) is 10.8 Å². The zero-order valence-electron chi connectivity index (χ0n) is 14.5. The number of hydrogen-bond donors (Lipinski definition) is 3. The van der Waals surface area contributed by atoms with Crippen LogP contribution in [0.3, 0.4) is 0 Å². The van der Waals surface area contributed by atoms with E-state index in [1.807, 2.05) is 50.2 Å². The number of rotatable bonds is 8. The van der Waals surface area contributed by atoms with Gasteiger partial charge in [0.1, 0.15) is 5.78 Å². The summed E-state index contributed by atoms with van der Waals surface area (Å²) < 4.78 is 18.1. The average Bonchev–Trinajstić information content (AvgIpc) is 2.56. The van der Waals surface area contributed by atoms with Crippen LogP contribution in [-0.4, -0.2) is 16.8 Å². The molecule has 24 heavy (non-hydrogen) atoms. The number of fused-ring (bicyclic) bond motifs is 1. The summed E-state index contributed by atoms with van der Waals surface area (Å²) in [6.07, 6.45) is 1.70. The third-order valence-corrected chi connectivity index (χ3v) is 5.99. The fourth-order valence-corrected chi connectivity index (χ4v) is 4.30. The van der Waals surface area contributed by atoms with Crippen molar-refractivity contribution in [3.05, 3.63) is 36.4 Å². The molecular weight excluding hydrogens is 323 g/mol. The number of nitrogens with two attached hydrogens (primary N) is 1. The van der Waals surface area contributed by atoms with Crippen molar-refractivity contribution >= 4 is 29.7 Å². The predicted octanol–water partition coefficient (Wildman–Crippen LogP) is 4.96. The molecule has 2 aromatic rings. The van der Waals surface area contributed by atoms with E-state index in [1.165, 1.54) is 0 Å². The molecule has 132 valence electrons. The molecule has 0 aliphatic heterocycles. The van der Waals surface area contributed by atoms with Crippen molar-refractivity contribution in [3.63, 3.8) is 0 Å². The van der Waals surface area contributed by atoms with Crippen LogP contribution in [0, 0.1) is 0 Å². The molecule has 0 fully saturated rings. The summed E-state index contributed by atoms with van der Waals surface area (Å²) in [6.45, 7) is 5.70. The Hall–Kier alpha value is -1.55. The lowest BCUT2D eigenvalue weighted by molar-refractivity contribution is 0.180. The minimum absolute atomic E-state index is 0.268. The molecule has 0 radical (unpaired) electrons. The standard InChI is InChI=1S/C18H27N2O3P/c1-4-8-17(24(21,22)23-13(3)5-2)20-16-12-11-14-9-6-7-10-15(14)18(16)19/h6-7,9-13,17,20H,4-5,8,19H2,1-3H3,(H,21,22). The van der Waals surface area contributed by atoms with Crippen LogP contribution in [0.1, 0.15) is 40.0 Å². The SMILES string of the molecule is CCCC(Nc1ccc2ccccc2c1N)P(=O)(O)OC(C)CC. The molecule has 2 rings (SSSR count). The number of hydrogen-bond acceptors (Lipinski definition) is 4. The van der Waals surface area contributed by atoms with Gasteiger partial charge in [0.15, 0.2) is 0 Å². The first-order chi connectivity index (χ1) is 11.4. The van der Waals surface area contributed by atoms with Crippen LogP contribution in [0.4, 0.5) is 11.4 Å². The van der Waals surface area contributed by atoms with Crippen LogP contribution in [-0.2, 0) is 9.09 Å². The third-order valence-electron chi connectivity index (χ3n) is 4.15. The molecule has 0 saturated carbocycles. The van der Waals surface area contributed by atoms with Crippen molar-refractivity contribution in [2.75, 3.05) is 11.1 Å². The molecule has 0 amide bonds. The molecule has 3 unspecified atom stereocenters. The van der Waals surface area contributed by atoms with E-state index in [0.717, 1.165) is 17.2 Å². The Balaban J connectivity index is 2.30. The van der Waals surface area contributed by atoms with Crippen LogP contribution in [0.2, 0.25) is 0 Å². The highest BCUT2D eigenvalue weighted by molar-refractivity contribution is 7.53. The van der Waals surface area contributed by atoms with Crippen molar-refractivity contribution in [2.45, 2.75) is 51.9 Å². The summed E-state index contributed by atoms with van der Waals surface area (Å²) in [4.78, 5) is 10.4. The summed E-state index contributed by atoms with van der Waals surface area (Å²) in [7, 11) is -3.80. The van der Waals surface area contributed by atoms with Crippen molar-refractivity contribution in [2.24, 2.45) is 0 Å². The maximum atomic E-state index is 12.7. The molecule has 0 aliphatic rings. The number of benzene rings is 2. The van der Waals surface area contributed by atoms with Gasteiger partial charge in [-0.15, -0.1) is 0 Å². The van der Waals surface area contributed by atoms with Gasteiger partial charge in [0.05, 0.1) is 17.5 Å². The average molecular weight is 350 g/mol. The van der Waals surface area contributed by atoms with Gasteiger partial charge in [-0.05, 0) is 31.2 Å². The molecule has 0 saturated heterocycles. The fourth-order valence-electron chi connectivity index (χ4n) is 2.60. The van der Waals surface area contributed by atoms with E-state index < -0.39 is 13.4 Å². The van der Waals surface area contributed by atoms with Gasteiger partial charge in [0.2, 0.25) is 0 Å². The Morgan fingerprint density at radius 1 is 1.25 bits per heavy atom. The lowest BCUT2D eigenvalue weighted by Crippen LogP contribution is -2.23. The summed E-state index contributed by atoms with van der Waals surface area (Å²) >= 11 is 0. The monoisotopic (exact) mass is 350 g/mol. The second-order valence-corrected chi connectivity index (χ2v) is 8.05. The minimum Gasteiger partial charge on any atom is -0.397 e. The van der Waals surface area contributed by atoms with Gasteiger partial charge < -0.3 is 20.5 Å². The Labute approximate surface area is 143 Å². The molecule has 0 spiro atoms. The highest BCUT2D eigenvalue weighted by Gasteiger charge is 2.33. The van der Waals surface area contributed by atoms with E-state index in [1.54, 1.807) is 6.92 Å². The van der Waals surface area contributed by atoms with Crippen LogP contribution >= 0.6 is 7.60 Å². The summed E-state index contributed by atoms with van der Waals surface area (Å²) in [6, 6.07) is 11.6. The molecule has 0 heterocycles. The van der Waals surface area contributed by atoms with E-state index >= 15 is 0 Å². The molecule has 4 N–H and O–H groups in total. The second kappa shape index (κ2) is 8.02. The van der Waals surface area contributed by atoms with E-state index in [-0.39, 0.29) is 6.10 Å². The van der Waals surface area contributed by atoms with Crippen molar-refractivity contribution in [1.29, 1.82) is 0 Å². The van der Waals surface area contributed by atoms with Gasteiger partial charge in [-0.2, -0.15) is 0 Å². The topological polar surface area (TPSA) is 84.6 Å². The first-order valence-corrected chi connectivity index (χ1v) is 10.1. The zero-order valence-corrected chi connectivity index (χ0v) is 15.4. The molecule has 5 nitrogen and oxygen atoms in total. The van der Waals surface area contributed by atoms with Gasteiger partial charge in [0.25, 0.3) is 0 Å². The molecule has 0 aromatic heterocycles. The Morgan fingerprint density at radius 3 is 2.62 bits per heavy atom. The smallest absolute Gasteiger partial charge is 0.350 e. The predicted molar refractivity (Wildman–Crippen MR) is 101 cm³/mol. The summed E-state index contributed by atoms with van der Waals surface area (Å²) in [5.41, 5.74) is 7.50. The minimum atomic E-state index is -3.80. The van der Waals surface area contributed by atoms with Gasteiger partial charge >= 0.3 is 7.60 Å². The van der Waals surface area contributed by atoms with Gasteiger partial charge in [0, 0.05) is 5.39 Å². The fraction of sp³-hybridized carbons (Fsp3) is 0.444. The molecule has 6 heteroatoms. The zero-order chi connectivity index (χ0) is 17.7. The van der Waals surface area contributed by atoms with E-state index in [2.05, 4.69) is 5.32 Å². The Morgan fingerprint density at radius 2 is 1.96 bits per heavy atom. The first-order valence-electron chi connectivity index (χ1n) is 8.43. The van der Waals surface area contributed by atoms with E-state index in [4.69, 9.17) is 10.3 Å². The maximum absolute atomic E-state index is 12.7. The molecule has 0 bridgehead atoms. The normalized spacial score (nSPS) is 16.5. The molecule has 0 aliphatic carbocycles. The van der Waals surface area contributed by atoms with Crippen molar-refractivity contribution in [3.8, 4) is 0 Å². The second-order valence-electron chi connectivity index (χ2n) is 6.09. The number of nitrogens with one attached hydrogen (secondary N) is 1. The maximum Gasteiger partial charge on any atom is 0.350 e. The van der Waals surface area contributed by atoms with Gasteiger partial charge in [-0.1, -0.05) is 50.6 Å². The molecule has 2 aromatic carbocycles. The lowest BCUT2D eigenvalue weighted by atomic mass is 10.1. The van der Waals surface area contributed by atoms with E-state index in [9.17, 15) is 9.46 Å². The summed E-state index contributed by atoms with van der Waals surface area (Å²) in [5.74, 6) is -0.681. The van der Waals surface area contributed by atoms with Gasteiger partial charge in [-0.3, -0.25) is 4.57 Å². The van der Waals surface area contributed by atoms with Crippen molar-refractivity contribution in [1.82, 2.24) is 0 Å².